The summed E-state index contributed by atoms with van der Waals surface area (Å²) in [5.41, 5.74) is 1.06. The highest BCUT2D eigenvalue weighted by atomic mass is 35.5. The van der Waals surface area contributed by atoms with Crippen molar-refractivity contribution in [2.45, 2.75) is 13.3 Å². The molecule has 1 aliphatic rings. The number of aliphatic hydroxyl groups is 1. The Morgan fingerprint density at radius 2 is 1.81 bits per heavy atom. The summed E-state index contributed by atoms with van der Waals surface area (Å²) in [6.07, 6.45) is 1.02. The molecular formula is C20H25ClN4OS. The molecule has 144 valence electrons. The maximum atomic E-state index is 9.16. The molecule has 1 N–H and O–H groups in total. The highest BCUT2D eigenvalue weighted by Crippen LogP contribution is 2.33. The fourth-order valence-corrected chi connectivity index (χ4v) is 4.37. The predicted molar refractivity (Wildman–Crippen MR) is 115 cm³/mol. The van der Waals surface area contributed by atoms with E-state index in [1.165, 1.54) is 10.3 Å². The smallest absolute Gasteiger partial charge is 0.163 e. The third-order valence-corrected chi connectivity index (χ3v) is 6.07. The largest absolute Gasteiger partial charge is 0.395 e. The highest BCUT2D eigenvalue weighted by molar-refractivity contribution is 7.18. The Morgan fingerprint density at radius 3 is 2.48 bits per heavy atom. The summed E-state index contributed by atoms with van der Waals surface area (Å²) in [6.45, 7) is 6.93. The molecule has 0 spiro atoms. The van der Waals surface area contributed by atoms with E-state index in [2.05, 4.69) is 34.9 Å². The molecule has 27 heavy (non-hydrogen) atoms. The number of aromatic nitrogens is 2. The first-order valence-corrected chi connectivity index (χ1v) is 10.0. The van der Waals surface area contributed by atoms with Crippen molar-refractivity contribution in [3.8, 4) is 11.4 Å². The Bertz CT molecular complexity index is 878. The Labute approximate surface area is 170 Å². The number of fused-ring (bicyclic) bond motifs is 1. The third-order valence-electron chi connectivity index (χ3n) is 4.89. The molecule has 0 atom stereocenters. The van der Waals surface area contributed by atoms with Crippen LogP contribution in [0.1, 0.15) is 11.8 Å². The number of thiophene rings is 1. The number of nitrogens with zero attached hydrogens (tertiary/aromatic N) is 4. The first-order chi connectivity index (χ1) is 12.8. The van der Waals surface area contributed by atoms with Gasteiger partial charge in [-0.1, -0.05) is 37.3 Å². The van der Waals surface area contributed by atoms with Crippen LogP contribution in [0.25, 0.3) is 21.6 Å². The van der Waals surface area contributed by atoms with Crippen molar-refractivity contribution >= 4 is 39.8 Å². The number of aliphatic hydroxyl groups excluding tert-OH is 1. The normalized spacial score (nSPS) is 15.1. The molecule has 3 aromatic rings. The lowest BCUT2D eigenvalue weighted by molar-refractivity contribution is 0.188. The molecule has 4 rings (SSSR count). The van der Waals surface area contributed by atoms with E-state index in [9.17, 15) is 0 Å². The van der Waals surface area contributed by atoms with Crippen LogP contribution in [0.2, 0.25) is 0 Å². The zero-order chi connectivity index (χ0) is 17.9. The third kappa shape index (κ3) is 4.24. The summed E-state index contributed by atoms with van der Waals surface area (Å²) in [7, 11) is 0. The predicted octanol–water partition coefficient (Wildman–Crippen LogP) is 3.46. The number of rotatable bonds is 5. The molecule has 0 aliphatic carbocycles. The van der Waals surface area contributed by atoms with Crippen molar-refractivity contribution in [3.63, 3.8) is 0 Å². The molecule has 5 nitrogen and oxygen atoms in total. The Kier molecular flexibility index (Phi) is 6.65. The SMILES string of the molecule is CCc1cc2c(N3CCN(CCO)CC3)nc(-c3ccccc3)nc2s1.Cl. The first-order valence-electron chi connectivity index (χ1n) is 9.22. The van der Waals surface area contributed by atoms with E-state index in [0.717, 1.165) is 61.2 Å². The van der Waals surface area contributed by atoms with Crippen molar-refractivity contribution in [2.24, 2.45) is 0 Å². The molecule has 7 heteroatoms. The van der Waals surface area contributed by atoms with E-state index < -0.39 is 0 Å². The number of β-amino-alcohol motifs (C(OH)–C–C–N with tert-alkyl or cyclic N) is 1. The van der Waals surface area contributed by atoms with Crippen LogP contribution in [-0.2, 0) is 6.42 Å². The number of halogens is 1. The Morgan fingerprint density at radius 1 is 1.07 bits per heavy atom. The molecule has 0 amide bonds. The molecular weight excluding hydrogens is 380 g/mol. The van der Waals surface area contributed by atoms with E-state index in [-0.39, 0.29) is 19.0 Å². The lowest BCUT2D eigenvalue weighted by Crippen LogP contribution is -2.47. The van der Waals surface area contributed by atoms with E-state index >= 15 is 0 Å². The van der Waals surface area contributed by atoms with Gasteiger partial charge in [0.2, 0.25) is 0 Å². The minimum Gasteiger partial charge on any atom is -0.395 e. The van der Waals surface area contributed by atoms with Gasteiger partial charge in [-0.3, -0.25) is 4.90 Å². The highest BCUT2D eigenvalue weighted by Gasteiger charge is 2.22. The number of hydrogen-bond acceptors (Lipinski definition) is 6. The minimum absolute atomic E-state index is 0. The van der Waals surface area contributed by atoms with Gasteiger partial charge >= 0.3 is 0 Å². The molecule has 1 saturated heterocycles. The number of benzene rings is 1. The molecule has 3 heterocycles. The van der Waals surface area contributed by atoms with Crippen molar-refractivity contribution in [1.82, 2.24) is 14.9 Å². The molecule has 0 radical (unpaired) electrons. The summed E-state index contributed by atoms with van der Waals surface area (Å²) >= 11 is 1.77. The zero-order valence-corrected chi connectivity index (χ0v) is 17.1. The average molecular weight is 405 g/mol. The standard InChI is InChI=1S/C20H24N4OS.ClH/c1-2-16-14-17-19(24-10-8-23(9-11-24)12-13-25)21-18(22-20(17)26-16)15-6-4-3-5-7-15;/h3-7,14,25H,2,8-13H2,1H3;1H. The van der Waals surface area contributed by atoms with Crippen LogP contribution in [0.15, 0.2) is 36.4 Å². The topological polar surface area (TPSA) is 52.5 Å². The second-order valence-electron chi connectivity index (χ2n) is 6.57. The van der Waals surface area contributed by atoms with E-state index in [0.29, 0.717) is 0 Å². The summed E-state index contributed by atoms with van der Waals surface area (Å²) in [5.74, 6) is 1.85. The quantitative estimate of drug-likeness (QED) is 0.705. The van der Waals surface area contributed by atoms with Crippen molar-refractivity contribution in [2.75, 3.05) is 44.2 Å². The van der Waals surface area contributed by atoms with Gasteiger partial charge in [0.15, 0.2) is 5.82 Å². The fraction of sp³-hybridized carbons (Fsp3) is 0.400. The van der Waals surface area contributed by atoms with Gasteiger partial charge in [-0.05, 0) is 12.5 Å². The van der Waals surface area contributed by atoms with Crippen LogP contribution in [-0.4, -0.2) is 59.3 Å². The lowest BCUT2D eigenvalue weighted by atomic mass is 10.2. The van der Waals surface area contributed by atoms with E-state index in [1.54, 1.807) is 11.3 Å². The lowest BCUT2D eigenvalue weighted by Gasteiger charge is -2.35. The van der Waals surface area contributed by atoms with Crippen LogP contribution in [0.5, 0.6) is 0 Å². The van der Waals surface area contributed by atoms with Gasteiger partial charge in [0.1, 0.15) is 10.6 Å². The van der Waals surface area contributed by atoms with Gasteiger partial charge in [-0.25, -0.2) is 9.97 Å². The Hall–Kier alpha value is -1.73. The van der Waals surface area contributed by atoms with Crippen LogP contribution >= 0.6 is 23.7 Å². The molecule has 2 aromatic heterocycles. The summed E-state index contributed by atoms with van der Waals surface area (Å²) < 4.78 is 0. The van der Waals surface area contributed by atoms with E-state index in [1.807, 2.05) is 18.2 Å². The average Bonchev–Trinajstić information content (AvgIpc) is 3.12. The van der Waals surface area contributed by atoms with Crippen molar-refractivity contribution in [1.29, 1.82) is 0 Å². The van der Waals surface area contributed by atoms with Crippen LogP contribution in [0.3, 0.4) is 0 Å². The van der Waals surface area contributed by atoms with Gasteiger partial charge in [-0.15, -0.1) is 23.7 Å². The summed E-state index contributed by atoms with van der Waals surface area (Å²) in [5, 5.41) is 10.3. The van der Waals surface area contributed by atoms with Gasteiger partial charge in [0.05, 0.1) is 12.0 Å². The van der Waals surface area contributed by atoms with Crippen LogP contribution < -0.4 is 4.90 Å². The summed E-state index contributed by atoms with van der Waals surface area (Å²) in [4.78, 5) is 16.9. The van der Waals surface area contributed by atoms with Crippen LogP contribution in [0, 0.1) is 0 Å². The monoisotopic (exact) mass is 404 g/mol. The molecule has 0 bridgehead atoms. The van der Waals surface area contributed by atoms with Gasteiger partial charge in [0.25, 0.3) is 0 Å². The molecule has 1 fully saturated rings. The molecule has 1 aliphatic heterocycles. The van der Waals surface area contributed by atoms with Gasteiger partial charge in [-0.2, -0.15) is 0 Å². The van der Waals surface area contributed by atoms with Crippen molar-refractivity contribution < 1.29 is 5.11 Å². The Balaban J connectivity index is 0.00000210. The number of piperazine rings is 1. The second-order valence-corrected chi connectivity index (χ2v) is 7.69. The van der Waals surface area contributed by atoms with Gasteiger partial charge < -0.3 is 10.0 Å². The molecule has 1 aromatic carbocycles. The second kappa shape index (κ2) is 8.97. The maximum Gasteiger partial charge on any atom is 0.163 e. The maximum absolute atomic E-state index is 9.16. The number of hydrogen-bond donors (Lipinski definition) is 1. The number of anilines is 1. The van der Waals surface area contributed by atoms with Crippen molar-refractivity contribution in [3.05, 3.63) is 41.3 Å². The molecule has 0 unspecified atom stereocenters. The molecule has 0 saturated carbocycles. The fourth-order valence-electron chi connectivity index (χ4n) is 3.41. The minimum atomic E-state index is 0. The van der Waals surface area contributed by atoms with E-state index in [4.69, 9.17) is 15.1 Å². The van der Waals surface area contributed by atoms with Crippen LogP contribution in [0.4, 0.5) is 5.82 Å². The number of aryl methyl sites for hydroxylation is 1. The van der Waals surface area contributed by atoms with Gasteiger partial charge in [0, 0.05) is 43.2 Å². The summed E-state index contributed by atoms with van der Waals surface area (Å²) in [6, 6.07) is 12.5. The zero-order valence-electron chi connectivity index (χ0n) is 15.5. The first kappa shape index (κ1) is 20.0.